The second-order valence-corrected chi connectivity index (χ2v) is 3.59. The maximum Gasteiger partial charge on any atom is 0.219 e. The van der Waals surface area contributed by atoms with Gasteiger partial charge in [-0.3, -0.25) is 9.69 Å². The first-order valence-corrected chi connectivity index (χ1v) is 4.75. The van der Waals surface area contributed by atoms with Gasteiger partial charge in [-0.15, -0.1) is 0 Å². The number of hydrogen-bond donors (Lipinski definition) is 1. The lowest BCUT2D eigenvalue weighted by Gasteiger charge is -2.39. The molecule has 76 valence electrons. The maximum atomic E-state index is 11.1. The standard InChI is InChI=1S/C9H18N2O2/c1-8-7-10(5-6-12)3-4-11(8)9(2)13/h8,12H,3-7H2,1-2H3/t8-/m0/s1. The van der Waals surface area contributed by atoms with Gasteiger partial charge in [0, 0.05) is 39.1 Å². The molecule has 0 aromatic rings. The predicted molar refractivity (Wildman–Crippen MR) is 50.4 cm³/mol. The van der Waals surface area contributed by atoms with Gasteiger partial charge in [0.25, 0.3) is 0 Å². The van der Waals surface area contributed by atoms with Gasteiger partial charge in [-0.25, -0.2) is 0 Å². The van der Waals surface area contributed by atoms with E-state index in [1.165, 1.54) is 0 Å². The summed E-state index contributed by atoms with van der Waals surface area (Å²) in [5, 5.41) is 8.76. The van der Waals surface area contributed by atoms with Crippen LogP contribution < -0.4 is 0 Å². The van der Waals surface area contributed by atoms with Gasteiger partial charge < -0.3 is 10.0 Å². The molecule has 1 rings (SSSR count). The molecule has 0 aromatic carbocycles. The molecule has 4 nitrogen and oxygen atoms in total. The van der Waals surface area contributed by atoms with Crippen molar-refractivity contribution in [3.05, 3.63) is 0 Å². The summed E-state index contributed by atoms with van der Waals surface area (Å²) in [4.78, 5) is 15.2. The second-order valence-electron chi connectivity index (χ2n) is 3.59. The van der Waals surface area contributed by atoms with Gasteiger partial charge in [-0.1, -0.05) is 0 Å². The third-order valence-electron chi connectivity index (χ3n) is 2.53. The number of carbonyl (C=O) groups is 1. The minimum Gasteiger partial charge on any atom is -0.395 e. The third-order valence-corrected chi connectivity index (χ3v) is 2.53. The molecule has 0 aromatic heterocycles. The molecule has 1 saturated heterocycles. The Morgan fingerprint density at radius 1 is 1.54 bits per heavy atom. The van der Waals surface area contributed by atoms with E-state index in [2.05, 4.69) is 4.90 Å². The molecule has 1 atom stereocenters. The lowest BCUT2D eigenvalue weighted by molar-refractivity contribution is -0.133. The summed E-state index contributed by atoms with van der Waals surface area (Å²) in [6, 6.07) is 0.276. The molecule has 1 aliphatic heterocycles. The Morgan fingerprint density at radius 2 is 2.23 bits per heavy atom. The number of carbonyl (C=O) groups excluding carboxylic acids is 1. The minimum absolute atomic E-state index is 0.149. The average molecular weight is 186 g/mol. The average Bonchev–Trinajstić information content (AvgIpc) is 2.04. The number of nitrogens with zero attached hydrogens (tertiary/aromatic N) is 2. The first-order chi connectivity index (χ1) is 6.15. The van der Waals surface area contributed by atoms with Gasteiger partial charge in [-0.05, 0) is 6.92 Å². The second kappa shape index (κ2) is 4.58. The molecule has 0 unspecified atom stereocenters. The Labute approximate surface area is 79.1 Å². The van der Waals surface area contributed by atoms with E-state index in [0.717, 1.165) is 26.2 Å². The lowest BCUT2D eigenvalue weighted by Crippen LogP contribution is -2.53. The first kappa shape index (κ1) is 10.5. The highest BCUT2D eigenvalue weighted by Crippen LogP contribution is 2.08. The van der Waals surface area contributed by atoms with Crippen molar-refractivity contribution in [2.75, 3.05) is 32.8 Å². The molecular weight excluding hydrogens is 168 g/mol. The molecule has 1 amide bonds. The molecule has 1 aliphatic rings. The summed E-state index contributed by atoms with van der Waals surface area (Å²) >= 11 is 0. The summed E-state index contributed by atoms with van der Waals surface area (Å²) in [6.45, 7) is 7.12. The summed E-state index contributed by atoms with van der Waals surface area (Å²) in [5.74, 6) is 0.149. The molecule has 0 aliphatic carbocycles. The van der Waals surface area contributed by atoms with E-state index in [9.17, 15) is 4.79 Å². The van der Waals surface area contributed by atoms with Gasteiger partial charge in [0.1, 0.15) is 0 Å². The van der Waals surface area contributed by atoms with Gasteiger partial charge >= 0.3 is 0 Å². The lowest BCUT2D eigenvalue weighted by atomic mass is 10.2. The monoisotopic (exact) mass is 186 g/mol. The zero-order valence-corrected chi connectivity index (χ0v) is 8.36. The van der Waals surface area contributed by atoms with Crippen LogP contribution >= 0.6 is 0 Å². The van der Waals surface area contributed by atoms with Gasteiger partial charge in [0.2, 0.25) is 5.91 Å². The largest absolute Gasteiger partial charge is 0.395 e. The smallest absolute Gasteiger partial charge is 0.219 e. The fraction of sp³-hybridized carbons (Fsp3) is 0.889. The molecular formula is C9H18N2O2. The van der Waals surface area contributed by atoms with Gasteiger partial charge in [0.15, 0.2) is 0 Å². The highest BCUT2D eigenvalue weighted by Gasteiger charge is 2.24. The van der Waals surface area contributed by atoms with E-state index >= 15 is 0 Å². The molecule has 0 spiro atoms. The van der Waals surface area contributed by atoms with Crippen molar-refractivity contribution in [2.24, 2.45) is 0 Å². The summed E-state index contributed by atoms with van der Waals surface area (Å²) < 4.78 is 0. The van der Waals surface area contributed by atoms with Crippen LogP contribution in [0, 0.1) is 0 Å². The Morgan fingerprint density at radius 3 is 2.69 bits per heavy atom. The van der Waals surface area contributed by atoms with Gasteiger partial charge in [0.05, 0.1) is 6.61 Å². The third kappa shape index (κ3) is 2.67. The molecule has 1 heterocycles. The predicted octanol–water partition coefficient (Wildman–Crippen LogP) is -0.469. The van der Waals surface area contributed by atoms with Crippen molar-refractivity contribution >= 4 is 5.91 Å². The van der Waals surface area contributed by atoms with E-state index < -0.39 is 0 Å². The topological polar surface area (TPSA) is 43.8 Å². The van der Waals surface area contributed by atoms with E-state index in [-0.39, 0.29) is 18.6 Å². The molecule has 13 heavy (non-hydrogen) atoms. The SMILES string of the molecule is CC(=O)N1CCN(CCO)C[C@@H]1C. The van der Waals surface area contributed by atoms with Crippen LogP contribution in [0.5, 0.6) is 0 Å². The van der Waals surface area contributed by atoms with Crippen LogP contribution in [0.15, 0.2) is 0 Å². The molecule has 0 saturated carbocycles. The summed E-state index contributed by atoms with van der Waals surface area (Å²) in [6.07, 6.45) is 0. The van der Waals surface area contributed by atoms with E-state index in [0.29, 0.717) is 0 Å². The fourth-order valence-corrected chi connectivity index (χ4v) is 1.85. The van der Waals surface area contributed by atoms with Crippen LogP contribution in [-0.2, 0) is 4.79 Å². The number of aliphatic hydroxyl groups is 1. The van der Waals surface area contributed by atoms with Crippen molar-refractivity contribution in [1.82, 2.24) is 9.80 Å². The first-order valence-electron chi connectivity index (χ1n) is 4.75. The van der Waals surface area contributed by atoms with Crippen molar-refractivity contribution < 1.29 is 9.90 Å². The van der Waals surface area contributed by atoms with E-state index in [1.807, 2.05) is 11.8 Å². The van der Waals surface area contributed by atoms with Crippen molar-refractivity contribution in [2.45, 2.75) is 19.9 Å². The Balaban J connectivity index is 2.42. The molecule has 0 radical (unpaired) electrons. The molecule has 4 heteroatoms. The van der Waals surface area contributed by atoms with E-state index in [1.54, 1.807) is 6.92 Å². The number of rotatable bonds is 2. The minimum atomic E-state index is 0.149. The normalized spacial score (nSPS) is 24.8. The van der Waals surface area contributed by atoms with Crippen LogP contribution in [0.1, 0.15) is 13.8 Å². The number of β-amino-alcohol motifs (C(OH)–C–C–N with tert-alkyl or cyclic N) is 1. The number of amides is 1. The van der Waals surface area contributed by atoms with E-state index in [4.69, 9.17) is 5.11 Å². The van der Waals surface area contributed by atoms with Crippen LogP contribution in [0.3, 0.4) is 0 Å². The Bertz CT molecular complexity index is 184. The van der Waals surface area contributed by atoms with Crippen LogP contribution in [0.25, 0.3) is 0 Å². The van der Waals surface area contributed by atoms with Gasteiger partial charge in [-0.2, -0.15) is 0 Å². The Hall–Kier alpha value is -0.610. The number of aliphatic hydroxyl groups excluding tert-OH is 1. The van der Waals surface area contributed by atoms with Crippen molar-refractivity contribution in [3.63, 3.8) is 0 Å². The zero-order valence-electron chi connectivity index (χ0n) is 8.36. The van der Waals surface area contributed by atoms with Crippen molar-refractivity contribution in [3.8, 4) is 0 Å². The molecule has 1 fully saturated rings. The van der Waals surface area contributed by atoms with Crippen LogP contribution in [-0.4, -0.2) is 59.6 Å². The summed E-state index contributed by atoms with van der Waals surface area (Å²) in [7, 11) is 0. The highest BCUT2D eigenvalue weighted by atomic mass is 16.3. The van der Waals surface area contributed by atoms with Crippen molar-refractivity contribution in [1.29, 1.82) is 0 Å². The summed E-state index contributed by atoms with van der Waals surface area (Å²) in [5.41, 5.74) is 0. The quantitative estimate of drug-likeness (QED) is 0.634. The zero-order chi connectivity index (χ0) is 9.84. The molecule has 0 bridgehead atoms. The highest BCUT2D eigenvalue weighted by molar-refractivity contribution is 5.73. The fourth-order valence-electron chi connectivity index (χ4n) is 1.85. The maximum absolute atomic E-state index is 11.1. The molecule has 1 N–H and O–H groups in total. The Kier molecular flexibility index (Phi) is 3.69. The number of hydrogen-bond acceptors (Lipinski definition) is 3. The van der Waals surface area contributed by atoms with Crippen LogP contribution in [0.2, 0.25) is 0 Å². The van der Waals surface area contributed by atoms with Crippen LogP contribution in [0.4, 0.5) is 0 Å². The number of piperazine rings is 1.